The lowest BCUT2D eigenvalue weighted by atomic mass is 10.1. The number of rotatable bonds is 7. The van der Waals surface area contributed by atoms with Crippen LogP contribution in [-0.2, 0) is 6.54 Å². The second kappa shape index (κ2) is 9.50. The van der Waals surface area contributed by atoms with Crippen molar-refractivity contribution in [1.82, 2.24) is 10.3 Å². The maximum absolute atomic E-state index is 12.8. The Labute approximate surface area is 169 Å². The zero-order chi connectivity index (χ0) is 20.6. The van der Waals surface area contributed by atoms with Gasteiger partial charge in [-0.1, -0.05) is 36.4 Å². The molecule has 0 fully saturated rings. The van der Waals surface area contributed by atoms with Crippen LogP contribution in [0.4, 0.5) is 5.69 Å². The maximum Gasteiger partial charge on any atom is 0.255 e. The third-order valence-electron chi connectivity index (χ3n) is 4.09. The second-order valence-corrected chi connectivity index (χ2v) is 6.68. The molecule has 0 unspecified atom stereocenters. The van der Waals surface area contributed by atoms with Gasteiger partial charge in [-0.15, -0.1) is 0 Å². The van der Waals surface area contributed by atoms with Crippen molar-refractivity contribution in [3.63, 3.8) is 0 Å². The molecule has 148 valence electrons. The summed E-state index contributed by atoms with van der Waals surface area (Å²) in [6.45, 7) is 4.10. The van der Waals surface area contributed by atoms with Crippen LogP contribution < -0.4 is 15.4 Å². The van der Waals surface area contributed by atoms with Crippen LogP contribution in [0.3, 0.4) is 0 Å². The Hall–Kier alpha value is -3.67. The fourth-order valence-electron chi connectivity index (χ4n) is 2.73. The molecule has 0 aliphatic heterocycles. The van der Waals surface area contributed by atoms with E-state index >= 15 is 0 Å². The molecule has 2 amide bonds. The number of benzene rings is 2. The summed E-state index contributed by atoms with van der Waals surface area (Å²) < 4.78 is 5.69. The Morgan fingerprint density at radius 1 is 0.931 bits per heavy atom. The lowest BCUT2D eigenvalue weighted by molar-refractivity contribution is 0.0951. The third-order valence-corrected chi connectivity index (χ3v) is 4.09. The molecule has 0 aliphatic carbocycles. The van der Waals surface area contributed by atoms with Crippen molar-refractivity contribution in [3.8, 4) is 5.88 Å². The van der Waals surface area contributed by atoms with Gasteiger partial charge in [-0.3, -0.25) is 9.59 Å². The summed E-state index contributed by atoms with van der Waals surface area (Å²) in [5.74, 6) is -0.0764. The van der Waals surface area contributed by atoms with E-state index in [1.165, 1.54) is 0 Å². The third kappa shape index (κ3) is 5.42. The molecule has 0 bridgehead atoms. The molecule has 6 nitrogen and oxygen atoms in total. The van der Waals surface area contributed by atoms with Gasteiger partial charge in [0.1, 0.15) is 0 Å². The molecule has 0 atom stereocenters. The molecule has 3 aromatic rings. The molecule has 3 rings (SSSR count). The molecule has 6 heteroatoms. The summed E-state index contributed by atoms with van der Waals surface area (Å²) >= 11 is 0. The monoisotopic (exact) mass is 389 g/mol. The smallest absolute Gasteiger partial charge is 0.255 e. The topological polar surface area (TPSA) is 80.3 Å². The molecule has 0 spiro atoms. The number of aromatic nitrogens is 1. The summed E-state index contributed by atoms with van der Waals surface area (Å²) in [5.41, 5.74) is 2.13. The maximum atomic E-state index is 12.8. The quantitative estimate of drug-likeness (QED) is 0.639. The number of carbonyl (C=O) groups is 2. The number of pyridine rings is 1. The van der Waals surface area contributed by atoms with E-state index in [1.54, 1.807) is 60.8 Å². The van der Waals surface area contributed by atoms with Crippen LogP contribution in [0.1, 0.15) is 40.1 Å². The molecular weight excluding hydrogens is 366 g/mol. The Kier molecular flexibility index (Phi) is 6.58. The van der Waals surface area contributed by atoms with Crippen molar-refractivity contribution in [2.45, 2.75) is 26.5 Å². The Bertz CT molecular complexity index is 987. The van der Waals surface area contributed by atoms with Gasteiger partial charge in [-0.05, 0) is 44.2 Å². The van der Waals surface area contributed by atoms with Crippen LogP contribution in [0, 0.1) is 0 Å². The molecular formula is C23H23N3O3. The summed E-state index contributed by atoms with van der Waals surface area (Å²) in [7, 11) is 0. The number of nitrogens with zero attached hydrogens (tertiary/aromatic N) is 1. The largest absolute Gasteiger partial charge is 0.475 e. The average Bonchev–Trinajstić information content (AvgIpc) is 2.73. The van der Waals surface area contributed by atoms with Gasteiger partial charge in [0, 0.05) is 23.9 Å². The summed E-state index contributed by atoms with van der Waals surface area (Å²) in [6.07, 6.45) is 1.63. The first-order chi connectivity index (χ1) is 14.0. The van der Waals surface area contributed by atoms with Gasteiger partial charge in [-0.25, -0.2) is 4.98 Å². The van der Waals surface area contributed by atoms with Crippen LogP contribution in [0.5, 0.6) is 5.88 Å². The SMILES string of the molecule is CC(C)Oc1ncccc1CNC(=O)c1ccccc1NC(=O)c1ccccc1. The van der Waals surface area contributed by atoms with Crippen molar-refractivity contribution in [1.29, 1.82) is 0 Å². The molecule has 0 radical (unpaired) electrons. The molecule has 2 N–H and O–H groups in total. The highest BCUT2D eigenvalue weighted by Crippen LogP contribution is 2.18. The number of amides is 2. The fourth-order valence-corrected chi connectivity index (χ4v) is 2.73. The zero-order valence-electron chi connectivity index (χ0n) is 16.4. The standard InChI is InChI=1S/C23H23N3O3/c1-16(2)29-23-18(11-8-14-24-23)15-25-22(28)19-12-6-7-13-20(19)26-21(27)17-9-4-3-5-10-17/h3-14,16H,15H2,1-2H3,(H,25,28)(H,26,27). The Morgan fingerprint density at radius 2 is 1.66 bits per heavy atom. The van der Waals surface area contributed by atoms with Crippen molar-refractivity contribution in [2.75, 3.05) is 5.32 Å². The van der Waals surface area contributed by atoms with E-state index in [-0.39, 0.29) is 24.5 Å². The first-order valence-electron chi connectivity index (χ1n) is 9.39. The minimum Gasteiger partial charge on any atom is -0.475 e. The molecule has 0 aliphatic rings. The lowest BCUT2D eigenvalue weighted by Crippen LogP contribution is -2.25. The normalized spacial score (nSPS) is 10.4. The van der Waals surface area contributed by atoms with Gasteiger partial charge in [0.05, 0.1) is 17.4 Å². The van der Waals surface area contributed by atoms with E-state index in [9.17, 15) is 9.59 Å². The summed E-state index contributed by atoms with van der Waals surface area (Å²) in [5, 5.41) is 5.68. The first kappa shape index (κ1) is 20.1. The predicted molar refractivity (Wildman–Crippen MR) is 112 cm³/mol. The first-order valence-corrected chi connectivity index (χ1v) is 9.39. The van der Waals surface area contributed by atoms with E-state index in [4.69, 9.17) is 4.74 Å². The predicted octanol–water partition coefficient (Wildman–Crippen LogP) is 4.05. The number of hydrogen-bond acceptors (Lipinski definition) is 4. The van der Waals surface area contributed by atoms with Gasteiger partial charge in [0.15, 0.2) is 0 Å². The molecule has 0 saturated carbocycles. The van der Waals surface area contributed by atoms with Crippen molar-refractivity contribution < 1.29 is 14.3 Å². The molecule has 29 heavy (non-hydrogen) atoms. The Morgan fingerprint density at radius 3 is 2.41 bits per heavy atom. The van der Waals surface area contributed by atoms with Crippen molar-refractivity contribution >= 4 is 17.5 Å². The number of hydrogen-bond donors (Lipinski definition) is 2. The van der Waals surface area contributed by atoms with Crippen LogP contribution >= 0.6 is 0 Å². The van der Waals surface area contributed by atoms with E-state index in [0.29, 0.717) is 22.7 Å². The van der Waals surface area contributed by atoms with E-state index < -0.39 is 0 Å². The van der Waals surface area contributed by atoms with Crippen molar-refractivity contribution in [3.05, 3.63) is 89.6 Å². The van der Waals surface area contributed by atoms with Gasteiger partial charge in [0.2, 0.25) is 5.88 Å². The van der Waals surface area contributed by atoms with Gasteiger partial charge in [0.25, 0.3) is 11.8 Å². The molecule has 1 aromatic heterocycles. The Balaban J connectivity index is 1.72. The van der Waals surface area contributed by atoms with Crippen LogP contribution in [0.2, 0.25) is 0 Å². The van der Waals surface area contributed by atoms with Crippen LogP contribution in [0.25, 0.3) is 0 Å². The lowest BCUT2D eigenvalue weighted by Gasteiger charge is -2.14. The van der Waals surface area contributed by atoms with Crippen LogP contribution in [0.15, 0.2) is 72.9 Å². The summed E-state index contributed by atoms with van der Waals surface area (Å²) in [6, 6.07) is 19.4. The fraction of sp³-hybridized carbons (Fsp3) is 0.174. The minimum atomic E-state index is -0.298. The number of nitrogens with one attached hydrogen (secondary N) is 2. The highest BCUT2D eigenvalue weighted by Gasteiger charge is 2.15. The molecule has 2 aromatic carbocycles. The van der Waals surface area contributed by atoms with Gasteiger partial charge in [-0.2, -0.15) is 0 Å². The number of ether oxygens (including phenoxy) is 1. The number of carbonyl (C=O) groups excluding carboxylic acids is 2. The highest BCUT2D eigenvalue weighted by atomic mass is 16.5. The number of para-hydroxylation sites is 1. The average molecular weight is 389 g/mol. The van der Waals surface area contributed by atoms with Gasteiger partial charge < -0.3 is 15.4 Å². The summed E-state index contributed by atoms with van der Waals surface area (Å²) in [4.78, 5) is 29.4. The van der Waals surface area contributed by atoms with E-state index in [0.717, 1.165) is 5.56 Å². The molecule has 1 heterocycles. The van der Waals surface area contributed by atoms with Crippen LogP contribution in [-0.4, -0.2) is 22.9 Å². The van der Waals surface area contributed by atoms with E-state index in [2.05, 4.69) is 15.6 Å². The number of anilines is 1. The highest BCUT2D eigenvalue weighted by molar-refractivity contribution is 6.08. The minimum absolute atomic E-state index is 0.0201. The van der Waals surface area contributed by atoms with Gasteiger partial charge >= 0.3 is 0 Å². The van der Waals surface area contributed by atoms with E-state index in [1.807, 2.05) is 26.0 Å². The molecule has 0 saturated heterocycles. The van der Waals surface area contributed by atoms with Crippen molar-refractivity contribution in [2.24, 2.45) is 0 Å². The second-order valence-electron chi connectivity index (χ2n) is 6.68. The zero-order valence-corrected chi connectivity index (χ0v) is 16.4.